The predicted octanol–water partition coefficient (Wildman–Crippen LogP) is 4.28. The van der Waals surface area contributed by atoms with Crippen LogP contribution >= 0.6 is 0 Å². The zero-order valence-electron chi connectivity index (χ0n) is 18.1. The summed E-state index contributed by atoms with van der Waals surface area (Å²) < 4.78 is 35.5. The average molecular weight is 454 g/mol. The minimum absolute atomic E-state index is 0.0765. The van der Waals surface area contributed by atoms with Crippen molar-refractivity contribution in [2.45, 2.75) is 37.3 Å². The Morgan fingerprint density at radius 2 is 1.47 bits per heavy atom. The van der Waals surface area contributed by atoms with Crippen molar-refractivity contribution in [3.8, 4) is 5.75 Å². The largest absolute Gasteiger partial charge is 0.462 e. The van der Waals surface area contributed by atoms with Crippen molar-refractivity contribution in [2.75, 3.05) is 6.54 Å². The smallest absolute Gasteiger partial charge is 0.339 e. The Kier molecular flexibility index (Phi) is 8.03. The number of nitrogens with one attached hydrogen (secondary N) is 1. The molecule has 0 fully saturated rings. The van der Waals surface area contributed by atoms with Gasteiger partial charge in [-0.3, -0.25) is 4.79 Å². The number of hydrogen-bond acceptors (Lipinski definition) is 6. The molecule has 0 heterocycles. The lowest BCUT2D eigenvalue weighted by Gasteiger charge is -2.19. The van der Waals surface area contributed by atoms with Gasteiger partial charge in [0.15, 0.2) is 0 Å². The first-order chi connectivity index (χ1) is 15.3. The van der Waals surface area contributed by atoms with Crippen molar-refractivity contribution in [2.24, 2.45) is 0 Å². The van der Waals surface area contributed by atoms with Crippen molar-refractivity contribution in [1.29, 1.82) is 0 Å². The fourth-order valence-corrected chi connectivity index (χ4v) is 4.08. The standard InChI is InChI=1S/C25H27NO5S/c1-19(2)30-25(27)24(18-26-17-20-9-5-3-6-10-20)21-13-15-22(16-14-21)31-32(28,29)23-11-7-4-8-12-23/h3-16,19,24,26H,17-18H2,1-2H3. The van der Waals surface area contributed by atoms with Gasteiger partial charge in [0.1, 0.15) is 10.6 Å². The fourth-order valence-electron chi connectivity index (χ4n) is 3.13. The van der Waals surface area contributed by atoms with Gasteiger partial charge in [0.25, 0.3) is 0 Å². The molecule has 168 valence electrons. The molecule has 0 saturated heterocycles. The van der Waals surface area contributed by atoms with Gasteiger partial charge in [-0.2, -0.15) is 8.42 Å². The van der Waals surface area contributed by atoms with Crippen LogP contribution in [0.1, 0.15) is 30.9 Å². The summed E-state index contributed by atoms with van der Waals surface area (Å²) >= 11 is 0. The summed E-state index contributed by atoms with van der Waals surface area (Å²) in [4.78, 5) is 12.8. The minimum Gasteiger partial charge on any atom is -0.462 e. The highest BCUT2D eigenvalue weighted by molar-refractivity contribution is 7.87. The van der Waals surface area contributed by atoms with Gasteiger partial charge in [-0.05, 0) is 49.2 Å². The van der Waals surface area contributed by atoms with Crippen LogP contribution in [-0.4, -0.2) is 27.0 Å². The molecule has 0 saturated carbocycles. The summed E-state index contributed by atoms with van der Waals surface area (Å²) in [7, 11) is -3.93. The molecule has 0 spiro atoms. The van der Waals surface area contributed by atoms with Gasteiger partial charge >= 0.3 is 16.1 Å². The first-order valence-electron chi connectivity index (χ1n) is 10.4. The first-order valence-corrected chi connectivity index (χ1v) is 11.8. The highest BCUT2D eigenvalue weighted by Gasteiger charge is 2.23. The fraction of sp³-hybridized carbons (Fsp3) is 0.240. The second kappa shape index (κ2) is 10.9. The van der Waals surface area contributed by atoms with E-state index in [-0.39, 0.29) is 22.7 Å². The minimum atomic E-state index is -3.93. The summed E-state index contributed by atoms with van der Waals surface area (Å²) in [6.45, 7) is 4.60. The zero-order chi connectivity index (χ0) is 23.0. The van der Waals surface area contributed by atoms with E-state index in [0.717, 1.165) is 5.56 Å². The quantitative estimate of drug-likeness (QED) is 0.365. The van der Waals surface area contributed by atoms with Crippen molar-refractivity contribution in [1.82, 2.24) is 5.32 Å². The van der Waals surface area contributed by atoms with Crippen LogP contribution in [0, 0.1) is 0 Å². The molecule has 3 aromatic rings. The Hall–Kier alpha value is -3.16. The summed E-state index contributed by atoms with van der Waals surface area (Å²) in [5.74, 6) is -0.710. The monoisotopic (exact) mass is 453 g/mol. The van der Waals surface area contributed by atoms with E-state index in [4.69, 9.17) is 8.92 Å². The Bertz CT molecular complexity index is 1100. The summed E-state index contributed by atoms with van der Waals surface area (Å²) in [5.41, 5.74) is 1.82. The Labute approximate surface area is 189 Å². The lowest BCUT2D eigenvalue weighted by molar-refractivity contribution is -0.149. The van der Waals surface area contributed by atoms with Gasteiger partial charge in [0.05, 0.1) is 12.0 Å². The maximum absolute atomic E-state index is 12.7. The molecule has 3 aromatic carbocycles. The summed E-state index contributed by atoms with van der Waals surface area (Å²) in [6, 6.07) is 24.3. The normalized spacial score (nSPS) is 12.3. The number of ether oxygens (including phenoxy) is 1. The summed E-state index contributed by atoms with van der Waals surface area (Å²) in [5, 5.41) is 3.30. The van der Waals surface area contributed by atoms with Gasteiger partial charge in [-0.1, -0.05) is 60.7 Å². The molecule has 1 N–H and O–H groups in total. The molecule has 0 aliphatic carbocycles. The highest BCUT2D eigenvalue weighted by atomic mass is 32.2. The predicted molar refractivity (Wildman–Crippen MR) is 123 cm³/mol. The van der Waals surface area contributed by atoms with Crippen LogP contribution in [0.4, 0.5) is 0 Å². The molecule has 0 radical (unpaired) electrons. The van der Waals surface area contributed by atoms with Crippen LogP contribution in [0.2, 0.25) is 0 Å². The lowest BCUT2D eigenvalue weighted by Crippen LogP contribution is -2.29. The molecule has 32 heavy (non-hydrogen) atoms. The Morgan fingerprint density at radius 3 is 2.06 bits per heavy atom. The van der Waals surface area contributed by atoms with Gasteiger partial charge in [0, 0.05) is 13.1 Å². The number of benzene rings is 3. The molecule has 0 bridgehead atoms. The molecule has 0 aliphatic rings. The van der Waals surface area contributed by atoms with Crippen molar-refractivity contribution >= 4 is 16.1 Å². The van der Waals surface area contributed by atoms with Gasteiger partial charge in [-0.15, -0.1) is 0 Å². The van der Waals surface area contributed by atoms with E-state index in [0.29, 0.717) is 18.7 Å². The van der Waals surface area contributed by atoms with E-state index < -0.39 is 16.0 Å². The van der Waals surface area contributed by atoms with Crippen LogP contribution in [0.15, 0.2) is 89.8 Å². The summed E-state index contributed by atoms with van der Waals surface area (Å²) in [6.07, 6.45) is -0.238. The number of carbonyl (C=O) groups is 1. The van der Waals surface area contributed by atoms with Crippen LogP contribution in [-0.2, 0) is 26.2 Å². The van der Waals surface area contributed by atoms with Crippen LogP contribution in [0.5, 0.6) is 5.75 Å². The number of rotatable bonds is 10. The van der Waals surface area contributed by atoms with Crippen LogP contribution in [0.3, 0.4) is 0 Å². The third kappa shape index (κ3) is 6.67. The Balaban J connectivity index is 1.72. The molecule has 1 atom stereocenters. The zero-order valence-corrected chi connectivity index (χ0v) is 18.9. The van der Waals surface area contributed by atoms with Crippen molar-refractivity contribution in [3.63, 3.8) is 0 Å². The second-order valence-electron chi connectivity index (χ2n) is 7.57. The molecular formula is C25H27NO5S. The first kappa shape index (κ1) is 23.5. The SMILES string of the molecule is CC(C)OC(=O)C(CNCc1ccccc1)c1ccc(OS(=O)(=O)c2ccccc2)cc1. The average Bonchev–Trinajstić information content (AvgIpc) is 2.78. The second-order valence-corrected chi connectivity index (χ2v) is 9.12. The molecule has 0 aromatic heterocycles. The topological polar surface area (TPSA) is 81.7 Å². The maximum Gasteiger partial charge on any atom is 0.339 e. The van der Waals surface area contributed by atoms with E-state index in [2.05, 4.69) is 5.32 Å². The van der Waals surface area contributed by atoms with Crippen molar-refractivity contribution in [3.05, 3.63) is 96.1 Å². The number of esters is 1. The molecule has 1 unspecified atom stereocenters. The number of carbonyl (C=O) groups excluding carboxylic acids is 1. The highest BCUT2D eigenvalue weighted by Crippen LogP contribution is 2.24. The van der Waals surface area contributed by atoms with Crippen molar-refractivity contribution < 1.29 is 22.1 Å². The van der Waals surface area contributed by atoms with Gasteiger partial charge in [0.2, 0.25) is 0 Å². The van der Waals surface area contributed by atoms with E-state index in [9.17, 15) is 13.2 Å². The molecule has 0 aliphatic heterocycles. The molecular weight excluding hydrogens is 426 g/mol. The molecule has 3 rings (SSSR count). The third-order valence-corrected chi connectivity index (χ3v) is 5.94. The van der Waals surface area contributed by atoms with Crippen LogP contribution in [0.25, 0.3) is 0 Å². The van der Waals surface area contributed by atoms with E-state index in [1.54, 1.807) is 56.3 Å². The van der Waals surface area contributed by atoms with E-state index in [1.165, 1.54) is 12.1 Å². The van der Waals surface area contributed by atoms with Crippen LogP contribution < -0.4 is 9.50 Å². The molecule has 0 amide bonds. The lowest BCUT2D eigenvalue weighted by atomic mass is 9.99. The van der Waals surface area contributed by atoms with E-state index in [1.807, 2.05) is 30.3 Å². The van der Waals surface area contributed by atoms with Gasteiger partial charge < -0.3 is 14.2 Å². The maximum atomic E-state index is 12.7. The Morgan fingerprint density at radius 1 is 0.875 bits per heavy atom. The third-order valence-electron chi connectivity index (χ3n) is 4.68. The molecule has 7 heteroatoms. The van der Waals surface area contributed by atoms with E-state index >= 15 is 0 Å². The molecule has 6 nitrogen and oxygen atoms in total. The number of hydrogen-bond donors (Lipinski definition) is 1. The van der Waals surface area contributed by atoms with Gasteiger partial charge in [-0.25, -0.2) is 0 Å².